The predicted octanol–water partition coefficient (Wildman–Crippen LogP) is 2.72. The van der Waals surface area contributed by atoms with E-state index in [2.05, 4.69) is 4.72 Å². The van der Waals surface area contributed by atoms with E-state index < -0.39 is 15.6 Å². The fourth-order valence-corrected chi connectivity index (χ4v) is 3.81. The van der Waals surface area contributed by atoms with Gasteiger partial charge in [0, 0.05) is 11.6 Å². The summed E-state index contributed by atoms with van der Waals surface area (Å²) in [5.41, 5.74) is -0.491. The number of benzene rings is 1. The number of sulfonamides is 1. The first kappa shape index (κ1) is 17.4. The van der Waals surface area contributed by atoms with E-state index in [9.17, 15) is 13.5 Å². The molecule has 1 aromatic carbocycles. The molecule has 0 aliphatic heterocycles. The Morgan fingerprint density at radius 3 is 2.50 bits per heavy atom. The summed E-state index contributed by atoms with van der Waals surface area (Å²) in [6.45, 7) is 7.26. The molecule has 0 spiro atoms. The molecule has 0 saturated carbocycles. The van der Waals surface area contributed by atoms with Gasteiger partial charge in [0.2, 0.25) is 10.0 Å². The van der Waals surface area contributed by atoms with Crippen molar-refractivity contribution in [3.8, 4) is 0 Å². The lowest BCUT2D eigenvalue weighted by atomic mass is 9.95. The second kappa shape index (κ2) is 6.43. The largest absolute Gasteiger partial charge is 0.389 e. The van der Waals surface area contributed by atoms with Crippen LogP contribution in [0, 0.1) is 12.8 Å². The first-order valence-electron chi connectivity index (χ1n) is 6.52. The predicted molar refractivity (Wildman–Crippen MR) is 81.5 cm³/mol. The molecule has 0 aliphatic carbocycles. The lowest BCUT2D eigenvalue weighted by Gasteiger charge is -2.25. The Hall–Kier alpha value is -0.620. The molecule has 6 heteroatoms. The summed E-state index contributed by atoms with van der Waals surface area (Å²) in [6.07, 6.45) is 0.523. The second-order valence-electron chi connectivity index (χ2n) is 5.83. The summed E-state index contributed by atoms with van der Waals surface area (Å²) in [4.78, 5) is 0.183. The molecule has 4 nitrogen and oxygen atoms in total. The van der Waals surface area contributed by atoms with Crippen molar-refractivity contribution in [1.29, 1.82) is 0 Å². The van der Waals surface area contributed by atoms with Gasteiger partial charge in [-0.15, -0.1) is 0 Å². The van der Waals surface area contributed by atoms with Crippen LogP contribution in [-0.4, -0.2) is 25.7 Å². The van der Waals surface area contributed by atoms with Gasteiger partial charge in [0.25, 0.3) is 0 Å². The van der Waals surface area contributed by atoms with Gasteiger partial charge in [0.05, 0.1) is 10.5 Å². The van der Waals surface area contributed by atoms with Crippen molar-refractivity contribution in [2.45, 2.75) is 44.6 Å². The Kier molecular flexibility index (Phi) is 5.61. The molecule has 0 radical (unpaired) electrons. The molecular weight excluding hydrogens is 298 g/mol. The van der Waals surface area contributed by atoms with Crippen molar-refractivity contribution in [2.75, 3.05) is 6.54 Å². The van der Waals surface area contributed by atoms with Gasteiger partial charge in [-0.3, -0.25) is 0 Å². The molecule has 1 rings (SSSR count). The van der Waals surface area contributed by atoms with E-state index in [1.165, 1.54) is 12.1 Å². The van der Waals surface area contributed by atoms with Crippen LogP contribution in [0.2, 0.25) is 5.02 Å². The van der Waals surface area contributed by atoms with Gasteiger partial charge in [0.1, 0.15) is 0 Å². The van der Waals surface area contributed by atoms with Crippen molar-refractivity contribution >= 4 is 21.6 Å². The molecule has 2 N–H and O–H groups in total. The zero-order chi connectivity index (χ0) is 15.6. The fourth-order valence-electron chi connectivity index (χ4n) is 2.19. The molecule has 20 heavy (non-hydrogen) atoms. The molecule has 0 amide bonds. The van der Waals surface area contributed by atoms with E-state index in [0.29, 0.717) is 17.0 Å². The van der Waals surface area contributed by atoms with E-state index in [1.807, 2.05) is 13.8 Å². The number of hydrogen-bond donors (Lipinski definition) is 2. The smallest absolute Gasteiger partial charge is 0.240 e. The Labute approximate surface area is 126 Å². The van der Waals surface area contributed by atoms with Gasteiger partial charge in [-0.05, 0) is 49.9 Å². The first-order valence-corrected chi connectivity index (χ1v) is 8.38. The van der Waals surface area contributed by atoms with Gasteiger partial charge in [-0.2, -0.15) is 0 Å². The third kappa shape index (κ3) is 5.05. The number of nitrogens with one attached hydrogen (secondary N) is 1. The SMILES string of the molecule is Cc1cc(Cl)ccc1S(=O)(=O)NCC(C)(O)CC(C)C. The number of rotatable bonds is 6. The average molecular weight is 320 g/mol. The summed E-state index contributed by atoms with van der Waals surface area (Å²) in [5.74, 6) is 0.284. The van der Waals surface area contributed by atoms with Crippen molar-refractivity contribution in [2.24, 2.45) is 5.92 Å². The molecule has 1 unspecified atom stereocenters. The Morgan fingerprint density at radius 1 is 1.40 bits per heavy atom. The maximum Gasteiger partial charge on any atom is 0.240 e. The number of aryl methyl sites for hydroxylation is 1. The van der Waals surface area contributed by atoms with Crippen molar-refractivity contribution < 1.29 is 13.5 Å². The molecule has 0 aliphatic rings. The minimum absolute atomic E-state index is 0.0183. The molecule has 0 fully saturated rings. The maximum absolute atomic E-state index is 12.2. The van der Waals surface area contributed by atoms with E-state index in [4.69, 9.17) is 11.6 Å². The summed E-state index contributed by atoms with van der Waals surface area (Å²) in [7, 11) is -3.65. The van der Waals surface area contributed by atoms with Crippen LogP contribution in [0.5, 0.6) is 0 Å². The summed E-state index contributed by atoms with van der Waals surface area (Å²) in [6, 6.07) is 4.61. The van der Waals surface area contributed by atoms with Crippen molar-refractivity contribution in [3.63, 3.8) is 0 Å². The topological polar surface area (TPSA) is 66.4 Å². The van der Waals surface area contributed by atoms with Crippen LogP contribution in [0.15, 0.2) is 23.1 Å². The van der Waals surface area contributed by atoms with Crippen molar-refractivity contribution in [1.82, 2.24) is 4.72 Å². The summed E-state index contributed by atoms with van der Waals surface area (Å²) in [5, 5.41) is 10.7. The Bertz CT molecular complexity index is 568. The van der Waals surface area contributed by atoms with Crippen LogP contribution in [0.3, 0.4) is 0 Å². The molecule has 114 valence electrons. The normalized spacial score (nSPS) is 15.3. The summed E-state index contributed by atoms with van der Waals surface area (Å²) >= 11 is 5.82. The Balaban J connectivity index is 2.85. The van der Waals surface area contributed by atoms with E-state index in [1.54, 1.807) is 19.9 Å². The van der Waals surface area contributed by atoms with Crippen molar-refractivity contribution in [3.05, 3.63) is 28.8 Å². The first-order chi connectivity index (χ1) is 9.03. The minimum atomic E-state index is -3.65. The lowest BCUT2D eigenvalue weighted by Crippen LogP contribution is -2.41. The fraction of sp³-hybridized carbons (Fsp3) is 0.571. The van der Waals surface area contributed by atoms with Crippen LogP contribution in [0.25, 0.3) is 0 Å². The van der Waals surface area contributed by atoms with Crippen LogP contribution in [-0.2, 0) is 10.0 Å². The van der Waals surface area contributed by atoms with Gasteiger partial charge < -0.3 is 5.11 Å². The molecule has 0 aromatic heterocycles. The molecule has 0 saturated heterocycles. The lowest BCUT2D eigenvalue weighted by molar-refractivity contribution is 0.0436. The minimum Gasteiger partial charge on any atom is -0.389 e. The molecule has 0 bridgehead atoms. The van der Waals surface area contributed by atoms with Gasteiger partial charge in [-0.1, -0.05) is 25.4 Å². The number of aliphatic hydroxyl groups is 1. The van der Waals surface area contributed by atoms with E-state index in [-0.39, 0.29) is 17.4 Å². The number of hydrogen-bond acceptors (Lipinski definition) is 3. The van der Waals surface area contributed by atoms with Gasteiger partial charge >= 0.3 is 0 Å². The highest BCUT2D eigenvalue weighted by Crippen LogP contribution is 2.21. The quantitative estimate of drug-likeness (QED) is 0.847. The van der Waals surface area contributed by atoms with Crippen LogP contribution in [0.4, 0.5) is 0 Å². The average Bonchev–Trinajstić information content (AvgIpc) is 2.24. The number of halogens is 1. The third-order valence-corrected chi connectivity index (χ3v) is 4.71. The highest BCUT2D eigenvalue weighted by Gasteiger charge is 2.25. The summed E-state index contributed by atoms with van der Waals surface area (Å²) < 4.78 is 26.9. The van der Waals surface area contributed by atoms with Gasteiger partial charge in [-0.25, -0.2) is 13.1 Å². The van der Waals surface area contributed by atoms with Crippen LogP contribution >= 0.6 is 11.6 Å². The molecule has 0 heterocycles. The maximum atomic E-state index is 12.2. The third-order valence-electron chi connectivity index (χ3n) is 2.92. The highest BCUT2D eigenvalue weighted by molar-refractivity contribution is 7.89. The zero-order valence-corrected chi connectivity index (χ0v) is 13.8. The van der Waals surface area contributed by atoms with E-state index in [0.717, 1.165) is 0 Å². The monoisotopic (exact) mass is 319 g/mol. The van der Waals surface area contributed by atoms with Crippen LogP contribution in [0.1, 0.15) is 32.8 Å². The standard InChI is InChI=1S/C14H22ClNO3S/c1-10(2)8-14(4,17)9-16-20(18,19)13-6-5-12(15)7-11(13)3/h5-7,10,16-17H,8-9H2,1-4H3. The second-order valence-corrected chi connectivity index (χ2v) is 8.00. The highest BCUT2D eigenvalue weighted by atomic mass is 35.5. The van der Waals surface area contributed by atoms with Crippen LogP contribution < -0.4 is 4.72 Å². The molecule has 1 aromatic rings. The van der Waals surface area contributed by atoms with E-state index >= 15 is 0 Å². The zero-order valence-electron chi connectivity index (χ0n) is 12.3. The van der Waals surface area contributed by atoms with Gasteiger partial charge in [0.15, 0.2) is 0 Å². The molecular formula is C14H22ClNO3S. The molecule has 1 atom stereocenters. The Morgan fingerprint density at radius 2 is 2.00 bits per heavy atom.